The smallest absolute Gasteiger partial charge is 0.266 e. The molecule has 0 bridgehead atoms. The first-order valence-corrected chi connectivity index (χ1v) is 21.7. The van der Waals surface area contributed by atoms with E-state index in [1.807, 2.05) is 0 Å². The lowest BCUT2D eigenvalue weighted by molar-refractivity contribution is -0.490. The fourth-order valence-electron chi connectivity index (χ4n) is 6.15. The molecule has 14 nitrogen and oxygen atoms in total. The Morgan fingerprint density at radius 3 is 1.45 bits per heavy atom. The van der Waals surface area contributed by atoms with Gasteiger partial charge in [0.15, 0.2) is 0 Å². The highest BCUT2D eigenvalue weighted by Gasteiger charge is 2.21. The van der Waals surface area contributed by atoms with Crippen molar-refractivity contribution >= 4 is 32.7 Å². The van der Waals surface area contributed by atoms with Gasteiger partial charge in [0.25, 0.3) is 16.0 Å². The zero-order chi connectivity index (χ0) is 41.3. The summed E-state index contributed by atoms with van der Waals surface area (Å²) < 4.78 is 43.2. The molecule has 322 valence electrons. The normalized spacial score (nSPS) is 11.6. The van der Waals surface area contributed by atoms with Crippen LogP contribution in [-0.4, -0.2) is 93.2 Å². The van der Waals surface area contributed by atoms with E-state index in [0.717, 1.165) is 132 Å². The van der Waals surface area contributed by atoms with Crippen molar-refractivity contribution in [2.45, 2.75) is 122 Å². The monoisotopic (exact) mass is 815 g/mol. The number of ether oxygens (including phenoxy) is 2. The molecule has 0 atom stereocenters. The molecule has 0 saturated carbocycles. The summed E-state index contributed by atoms with van der Waals surface area (Å²) in [7, 11) is -4.26. The zero-order valence-corrected chi connectivity index (χ0v) is 34.3. The second kappa shape index (κ2) is 33.4. The van der Waals surface area contributed by atoms with E-state index in [0.29, 0.717) is 57.0 Å². The minimum atomic E-state index is -4.26. The number of allylic oxidation sites excluding steroid dienone is 2. The summed E-state index contributed by atoms with van der Waals surface area (Å²) in [5.74, 6) is -1.13. The second-order valence-electron chi connectivity index (χ2n) is 14.0. The number of rotatable bonds is 39. The van der Waals surface area contributed by atoms with E-state index < -0.39 is 21.8 Å². The van der Waals surface area contributed by atoms with E-state index in [1.165, 1.54) is 0 Å². The van der Waals surface area contributed by atoms with Gasteiger partial charge < -0.3 is 14.8 Å². The molecule has 0 saturated heterocycles. The fraction of sp³-hybridized carbons (Fsp3) is 0.683. The molecule has 0 aliphatic rings. The van der Waals surface area contributed by atoms with Crippen LogP contribution in [0.25, 0.3) is 16.7 Å². The van der Waals surface area contributed by atoms with Crippen molar-refractivity contribution in [3.8, 4) is 0 Å². The molecule has 0 aromatic heterocycles. The number of amides is 1. The predicted molar refractivity (Wildman–Crippen MR) is 218 cm³/mol. The molecule has 0 fully saturated rings. The second-order valence-corrected chi connectivity index (χ2v) is 15.6. The third-order valence-corrected chi connectivity index (χ3v) is 10.0. The maximum absolute atomic E-state index is 13.3. The Labute approximate surface area is 334 Å². The van der Waals surface area contributed by atoms with Gasteiger partial charge in [0.05, 0.1) is 25.6 Å². The van der Waals surface area contributed by atoms with Gasteiger partial charge >= 0.3 is 0 Å². The highest BCUT2D eigenvalue weighted by Crippen LogP contribution is 2.37. The maximum atomic E-state index is 13.3. The van der Waals surface area contributed by atoms with Gasteiger partial charge in [-0.15, -0.1) is 0 Å². The Bertz CT molecular complexity index is 1350. The van der Waals surface area contributed by atoms with Crippen LogP contribution in [0.5, 0.6) is 0 Å². The van der Waals surface area contributed by atoms with Gasteiger partial charge in [-0.25, -0.2) is 19.9 Å². The van der Waals surface area contributed by atoms with Crippen molar-refractivity contribution in [1.82, 2.24) is 5.32 Å². The van der Waals surface area contributed by atoms with Gasteiger partial charge in [-0.3, -0.25) is 19.9 Å². The standard InChI is InChI=1S/C41H69NO13S/c1-34(20-12-6-4-8-14-24-50-26-16-10-18-28-52-44)38-32-37(41(43)42-23-31-56(47,48)49)33-39(35(2)22-30-54-55-46)40(38)36(3)21-13-7-5-9-15-25-51-27-17-11-19-29-53-45/h32-33,44-46H,1-31H2,(H,42,43)(H,47,48,49). The first-order valence-electron chi connectivity index (χ1n) is 20.1. The average molecular weight is 816 g/mol. The van der Waals surface area contributed by atoms with Crippen LogP contribution in [0.15, 0.2) is 31.9 Å². The predicted octanol–water partition coefficient (Wildman–Crippen LogP) is 9.19. The van der Waals surface area contributed by atoms with Crippen LogP contribution in [0.3, 0.4) is 0 Å². The number of hydrogen-bond acceptors (Lipinski definition) is 12. The molecule has 1 amide bonds. The topological polar surface area (TPSA) is 200 Å². The number of carbonyl (C=O) groups is 1. The molecule has 0 aliphatic carbocycles. The van der Waals surface area contributed by atoms with Crippen molar-refractivity contribution in [2.24, 2.45) is 0 Å². The van der Waals surface area contributed by atoms with Crippen LogP contribution >= 0.6 is 0 Å². The van der Waals surface area contributed by atoms with E-state index in [1.54, 1.807) is 12.1 Å². The minimum absolute atomic E-state index is 0.00972. The summed E-state index contributed by atoms with van der Waals surface area (Å²) in [5.41, 5.74) is 4.93. The SMILES string of the molecule is C=C(CCCCCCCOCCCCCOO)c1cc(C(=O)NCCS(=O)(=O)O)cc(C(=C)CCOOO)c1C(=C)CCCCCCCOCCCCCOO. The number of hydrogen-bond donors (Lipinski definition) is 5. The average Bonchev–Trinajstić information content (AvgIpc) is 3.17. The first kappa shape index (κ1) is 51.5. The molecular formula is C41H69NO13S. The number of carbonyl (C=O) groups excluding carboxylic acids is 1. The third-order valence-electron chi connectivity index (χ3n) is 9.28. The highest BCUT2D eigenvalue weighted by atomic mass is 32.2. The summed E-state index contributed by atoms with van der Waals surface area (Å²) >= 11 is 0. The quantitative estimate of drug-likeness (QED) is 0.0183. The molecule has 0 spiro atoms. The van der Waals surface area contributed by atoms with Gasteiger partial charge in [0.1, 0.15) is 0 Å². The summed E-state index contributed by atoms with van der Waals surface area (Å²) in [6, 6.07) is 3.47. The Morgan fingerprint density at radius 1 is 0.571 bits per heavy atom. The maximum Gasteiger partial charge on any atom is 0.266 e. The molecule has 0 radical (unpaired) electrons. The fourth-order valence-corrected chi connectivity index (χ4v) is 6.51. The molecule has 0 heterocycles. The Hall–Kier alpha value is -2.54. The van der Waals surface area contributed by atoms with Crippen LogP contribution in [0, 0.1) is 0 Å². The first-order chi connectivity index (χ1) is 27.1. The summed E-state index contributed by atoms with van der Waals surface area (Å²) in [6.07, 6.45) is 17.1. The molecule has 56 heavy (non-hydrogen) atoms. The Kier molecular flexibility index (Phi) is 30.7. The molecule has 0 aliphatic heterocycles. The van der Waals surface area contributed by atoms with Gasteiger partial charge in [-0.2, -0.15) is 8.42 Å². The highest BCUT2D eigenvalue weighted by molar-refractivity contribution is 7.85. The number of nitrogens with one attached hydrogen (secondary N) is 1. The van der Waals surface area contributed by atoms with Crippen molar-refractivity contribution in [3.05, 3.63) is 54.1 Å². The number of benzene rings is 1. The van der Waals surface area contributed by atoms with Crippen molar-refractivity contribution in [1.29, 1.82) is 0 Å². The van der Waals surface area contributed by atoms with Crippen molar-refractivity contribution < 1.29 is 62.7 Å². The zero-order valence-electron chi connectivity index (χ0n) is 33.4. The van der Waals surface area contributed by atoms with Gasteiger partial charge in [-0.05, 0) is 129 Å². The van der Waals surface area contributed by atoms with Crippen LogP contribution in [0.4, 0.5) is 0 Å². The molecule has 1 aromatic rings. The van der Waals surface area contributed by atoms with E-state index in [9.17, 15) is 13.2 Å². The molecule has 5 N–H and O–H groups in total. The third kappa shape index (κ3) is 25.7. The van der Waals surface area contributed by atoms with Crippen LogP contribution < -0.4 is 5.32 Å². The molecule has 1 aromatic carbocycles. The Balaban J connectivity index is 2.97. The molecular weight excluding hydrogens is 747 g/mol. The molecule has 1 rings (SSSR count). The van der Waals surface area contributed by atoms with E-state index >= 15 is 0 Å². The minimum Gasteiger partial charge on any atom is -0.381 e. The summed E-state index contributed by atoms with van der Waals surface area (Å²) in [4.78, 5) is 26.2. The van der Waals surface area contributed by atoms with E-state index in [-0.39, 0.29) is 25.1 Å². The lowest BCUT2D eigenvalue weighted by atomic mass is 9.83. The largest absolute Gasteiger partial charge is 0.381 e. The van der Waals surface area contributed by atoms with Crippen LogP contribution in [0.1, 0.15) is 149 Å². The molecule has 15 heteroatoms. The summed E-state index contributed by atoms with van der Waals surface area (Å²) in [5, 5.41) is 31.9. The van der Waals surface area contributed by atoms with Crippen molar-refractivity contribution in [3.63, 3.8) is 0 Å². The van der Waals surface area contributed by atoms with Gasteiger partial charge in [0, 0.05) is 38.5 Å². The van der Waals surface area contributed by atoms with Gasteiger partial charge in [-0.1, -0.05) is 63.3 Å². The molecule has 0 unspecified atom stereocenters. The van der Waals surface area contributed by atoms with Crippen LogP contribution in [-0.2, 0) is 39.3 Å². The number of unbranched alkanes of at least 4 members (excludes halogenated alkanes) is 12. The Morgan fingerprint density at radius 2 is 0.982 bits per heavy atom. The van der Waals surface area contributed by atoms with Gasteiger partial charge in [0.2, 0.25) is 0 Å². The van der Waals surface area contributed by atoms with E-state index in [2.05, 4.69) is 39.9 Å². The van der Waals surface area contributed by atoms with E-state index in [4.69, 9.17) is 34.7 Å². The summed E-state index contributed by atoms with van der Waals surface area (Å²) in [6.45, 7) is 16.5. The lowest BCUT2D eigenvalue weighted by Gasteiger charge is -2.22. The lowest BCUT2D eigenvalue weighted by Crippen LogP contribution is -2.29. The van der Waals surface area contributed by atoms with Crippen LogP contribution in [0.2, 0.25) is 0 Å². The van der Waals surface area contributed by atoms with Crippen molar-refractivity contribution in [2.75, 3.05) is 58.5 Å².